The van der Waals surface area contributed by atoms with Crippen LogP contribution >= 0.6 is 11.3 Å². The van der Waals surface area contributed by atoms with Crippen molar-refractivity contribution in [3.63, 3.8) is 0 Å². The minimum absolute atomic E-state index is 0.317. The molecular weight excluding hydrogens is 286 g/mol. The van der Waals surface area contributed by atoms with E-state index in [9.17, 15) is 0 Å². The second kappa shape index (κ2) is 6.01. The van der Waals surface area contributed by atoms with E-state index in [0.717, 1.165) is 17.1 Å². The molecule has 0 saturated carbocycles. The molecule has 3 rings (SSSR count). The summed E-state index contributed by atoms with van der Waals surface area (Å²) in [6.45, 7) is 2.73. The second-order valence-electron chi connectivity index (χ2n) is 4.34. The minimum Gasteiger partial charge on any atom is -0.467 e. The summed E-state index contributed by atoms with van der Waals surface area (Å²) in [5.74, 6) is 1.18. The van der Waals surface area contributed by atoms with Crippen molar-refractivity contribution >= 4 is 27.5 Å². The third-order valence-electron chi connectivity index (χ3n) is 2.83. The van der Waals surface area contributed by atoms with Crippen molar-refractivity contribution in [2.75, 3.05) is 19.0 Å². The van der Waals surface area contributed by atoms with Crippen LogP contribution in [-0.4, -0.2) is 33.6 Å². The number of methoxy groups -OCH3 is 1. The molecule has 21 heavy (non-hydrogen) atoms. The highest BCUT2D eigenvalue weighted by Gasteiger charge is 2.10. The molecule has 6 nitrogen and oxygen atoms in total. The molecule has 7 heteroatoms. The lowest BCUT2D eigenvalue weighted by Crippen LogP contribution is -2.08. The van der Waals surface area contributed by atoms with Crippen molar-refractivity contribution in [3.05, 3.63) is 35.1 Å². The van der Waals surface area contributed by atoms with Crippen LogP contribution in [0, 0.1) is 0 Å². The van der Waals surface area contributed by atoms with Crippen LogP contribution in [-0.2, 0) is 6.42 Å². The predicted octanol–water partition coefficient (Wildman–Crippen LogP) is 2.51. The number of hydrogen-bond acceptors (Lipinski definition) is 7. The van der Waals surface area contributed by atoms with Crippen LogP contribution in [0.3, 0.4) is 0 Å². The molecule has 108 valence electrons. The standard InChI is InChI=1S/C14H15N5OS/c1-3-15-13-17-11(18-14(19-13)20-2)8-12-16-9-6-4-5-7-10(9)21-12/h4-7H,3,8H2,1-2H3,(H,15,17,18,19). The van der Waals surface area contributed by atoms with E-state index in [1.807, 2.05) is 25.1 Å². The van der Waals surface area contributed by atoms with Gasteiger partial charge in [0, 0.05) is 6.54 Å². The SMILES string of the molecule is CCNc1nc(Cc2nc3ccccc3s2)nc(OC)n1. The number of anilines is 1. The van der Waals surface area contributed by atoms with Crippen molar-refractivity contribution in [1.29, 1.82) is 0 Å². The van der Waals surface area contributed by atoms with Gasteiger partial charge in [-0.2, -0.15) is 15.0 Å². The molecule has 0 aliphatic carbocycles. The molecule has 0 aliphatic heterocycles. The molecule has 0 bridgehead atoms. The quantitative estimate of drug-likeness (QED) is 0.780. The Morgan fingerprint density at radius 1 is 1.14 bits per heavy atom. The van der Waals surface area contributed by atoms with Gasteiger partial charge in [0.25, 0.3) is 0 Å². The summed E-state index contributed by atoms with van der Waals surface area (Å²) in [6.07, 6.45) is 0.566. The number of nitrogens with zero attached hydrogens (tertiary/aromatic N) is 4. The Balaban J connectivity index is 1.90. The topological polar surface area (TPSA) is 72.8 Å². The highest BCUT2D eigenvalue weighted by Crippen LogP contribution is 2.23. The number of para-hydroxylation sites is 1. The zero-order valence-corrected chi connectivity index (χ0v) is 12.6. The third-order valence-corrected chi connectivity index (χ3v) is 3.86. The molecule has 2 aromatic heterocycles. The number of fused-ring (bicyclic) bond motifs is 1. The fraction of sp³-hybridized carbons (Fsp3) is 0.286. The van der Waals surface area contributed by atoms with Crippen LogP contribution in [0.2, 0.25) is 0 Å². The van der Waals surface area contributed by atoms with E-state index >= 15 is 0 Å². The van der Waals surface area contributed by atoms with Gasteiger partial charge in [-0.15, -0.1) is 11.3 Å². The first-order chi connectivity index (χ1) is 10.3. The number of thiazole rings is 1. The van der Waals surface area contributed by atoms with Gasteiger partial charge in [0.1, 0.15) is 10.8 Å². The number of rotatable bonds is 5. The van der Waals surface area contributed by atoms with E-state index in [1.165, 1.54) is 4.70 Å². The van der Waals surface area contributed by atoms with Gasteiger partial charge in [-0.3, -0.25) is 0 Å². The molecule has 2 heterocycles. The second-order valence-corrected chi connectivity index (χ2v) is 5.46. The highest BCUT2D eigenvalue weighted by atomic mass is 32.1. The van der Waals surface area contributed by atoms with Gasteiger partial charge in [0.05, 0.1) is 23.7 Å². The highest BCUT2D eigenvalue weighted by molar-refractivity contribution is 7.18. The van der Waals surface area contributed by atoms with Gasteiger partial charge in [-0.05, 0) is 19.1 Å². The average Bonchev–Trinajstić information content (AvgIpc) is 2.89. The molecule has 0 aliphatic rings. The summed E-state index contributed by atoms with van der Waals surface area (Å²) >= 11 is 1.65. The smallest absolute Gasteiger partial charge is 0.321 e. The fourth-order valence-corrected chi connectivity index (χ4v) is 2.90. The monoisotopic (exact) mass is 301 g/mol. The molecule has 1 N–H and O–H groups in total. The van der Waals surface area contributed by atoms with Crippen LogP contribution in [0.5, 0.6) is 6.01 Å². The van der Waals surface area contributed by atoms with Gasteiger partial charge in [0.15, 0.2) is 0 Å². The fourth-order valence-electron chi connectivity index (χ4n) is 1.94. The Morgan fingerprint density at radius 3 is 2.76 bits per heavy atom. The van der Waals surface area contributed by atoms with E-state index in [1.54, 1.807) is 18.4 Å². The lowest BCUT2D eigenvalue weighted by atomic mass is 10.3. The zero-order valence-electron chi connectivity index (χ0n) is 11.8. The van der Waals surface area contributed by atoms with Crippen LogP contribution in [0.4, 0.5) is 5.95 Å². The number of benzene rings is 1. The number of aromatic nitrogens is 4. The summed E-state index contributed by atoms with van der Waals surface area (Å²) in [5, 5.41) is 4.05. The molecule has 3 aromatic rings. The first kappa shape index (κ1) is 13.7. The summed E-state index contributed by atoms with van der Waals surface area (Å²) < 4.78 is 6.29. The van der Waals surface area contributed by atoms with Gasteiger partial charge in [0.2, 0.25) is 5.95 Å². The molecule has 0 radical (unpaired) electrons. The molecule has 0 spiro atoms. The van der Waals surface area contributed by atoms with Crippen molar-refractivity contribution in [2.45, 2.75) is 13.3 Å². The molecule has 0 saturated heterocycles. The Labute approximate surface area is 126 Å². The zero-order chi connectivity index (χ0) is 14.7. The Hall–Kier alpha value is -2.28. The van der Waals surface area contributed by atoms with Gasteiger partial charge in [-0.25, -0.2) is 4.98 Å². The van der Waals surface area contributed by atoms with Crippen molar-refractivity contribution in [3.8, 4) is 6.01 Å². The van der Waals surface area contributed by atoms with Crippen LogP contribution in [0.25, 0.3) is 10.2 Å². The lowest BCUT2D eigenvalue weighted by molar-refractivity contribution is 0.377. The van der Waals surface area contributed by atoms with E-state index in [4.69, 9.17) is 4.74 Å². The number of ether oxygens (including phenoxy) is 1. The summed E-state index contributed by atoms with van der Waals surface area (Å²) in [4.78, 5) is 17.4. The average molecular weight is 301 g/mol. The Bertz CT molecular complexity index is 725. The van der Waals surface area contributed by atoms with Gasteiger partial charge >= 0.3 is 6.01 Å². The molecule has 1 aromatic carbocycles. The molecule has 0 amide bonds. The van der Waals surface area contributed by atoms with Crippen LogP contribution in [0.15, 0.2) is 24.3 Å². The summed E-state index contributed by atoms with van der Waals surface area (Å²) in [7, 11) is 1.55. The lowest BCUT2D eigenvalue weighted by Gasteiger charge is -2.05. The van der Waals surface area contributed by atoms with Crippen molar-refractivity contribution < 1.29 is 4.74 Å². The minimum atomic E-state index is 0.317. The number of hydrogen-bond donors (Lipinski definition) is 1. The van der Waals surface area contributed by atoms with Gasteiger partial charge < -0.3 is 10.1 Å². The first-order valence-corrected chi connectivity index (χ1v) is 7.47. The first-order valence-electron chi connectivity index (χ1n) is 6.65. The van der Waals surface area contributed by atoms with E-state index in [0.29, 0.717) is 24.2 Å². The largest absolute Gasteiger partial charge is 0.467 e. The molecule has 0 atom stereocenters. The van der Waals surface area contributed by atoms with E-state index < -0.39 is 0 Å². The van der Waals surface area contributed by atoms with Crippen molar-refractivity contribution in [1.82, 2.24) is 19.9 Å². The molecule has 0 unspecified atom stereocenters. The Morgan fingerprint density at radius 2 is 2.00 bits per heavy atom. The molecular formula is C14H15N5OS. The van der Waals surface area contributed by atoms with E-state index in [2.05, 4.69) is 31.3 Å². The molecule has 0 fully saturated rings. The maximum Gasteiger partial charge on any atom is 0.321 e. The number of nitrogens with one attached hydrogen (secondary N) is 1. The maximum absolute atomic E-state index is 5.12. The van der Waals surface area contributed by atoms with Crippen molar-refractivity contribution in [2.24, 2.45) is 0 Å². The summed E-state index contributed by atoms with van der Waals surface area (Å²) in [6, 6.07) is 8.39. The normalized spacial score (nSPS) is 10.8. The van der Waals surface area contributed by atoms with E-state index in [-0.39, 0.29) is 0 Å². The van der Waals surface area contributed by atoms with Gasteiger partial charge in [-0.1, -0.05) is 12.1 Å². The van der Waals surface area contributed by atoms with Crippen LogP contribution < -0.4 is 10.1 Å². The Kier molecular flexibility index (Phi) is 3.92. The third kappa shape index (κ3) is 3.08. The maximum atomic E-state index is 5.12. The summed E-state index contributed by atoms with van der Waals surface area (Å²) in [5.41, 5.74) is 1.01. The van der Waals surface area contributed by atoms with Crippen LogP contribution in [0.1, 0.15) is 17.8 Å². The predicted molar refractivity (Wildman–Crippen MR) is 83.0 cm³/mol.